The summed E-state index contributed by atoms with van der Waals surface area (Å²) in [6, 6.07) is 0.539. The van der Waals surface area contributed by atoms with Crippen molar-refractivity contribution in [1.82, 2.24) is 15.1 Å². The quantitative estimate of drug-likeness (QED) is 0.781. The van der Waals surface area contributed by atoms with Gasteiger partial charge in [0.1, 0.15) is 0 Å². The molecular weight excluding hydrogens is 226 g/mol. The lowest BCUT2D eigenvalue weighted by Crippen LogP contribution is -2.42. The zero-order chi connectivity index (χ0) is 13.9. The molecule has 0 spiro atoms. The van der Waals surface area contributed by atoms with Crippen LogP contribution in [0.15, 0.2) is 0 Å². The maximum absolute atomic E-state index is 12.1. The van der Waals surface area contributed by atoms with E-state index in [1.54, 1.807) is 0 Å². The van der Waals surface area contributed by atoms with E-state index in [0.29, 0.717) is 12.0 Å². The molecular formula is C14H29N3O. The van der Waals surface area contributed by atoms with E-state index >= 15 is 0 Å². The lowest BCUT2D eigenvalue weighted by Gasteiger charge is -2.28. The summed E-state index contributed by atoms with van der Waals surface area (Å²) in [5, 5.41) is 3.38. The maximum atomic E-state index is 12.1. The van der Waals surface area contributed by atoms with E-state index in [9.17, 15) is 4.79 Å². The number of carbonyl (C=O) groups is 1. The molecule has 0 aromatic carbocycles. The minimum Gasteiger partial charge on any atom is -0.325 e. The van der Waals surface area contributed by atoms with Crippen molar-refractivity contribution in [2.45, 2.75) is 59.3 Å². The zero-order valence-electron chi connectivity index (χ0n) is 12.7. The molecule has 0 bridgehead atoms. The van der Waals surface area contributed by atoms with E-state index in [4.69, 9.17) is 0 Å². The van der Waals surface area contributed by atoms with Crippen LogP contribution in [0.2, 0.25) is 0 Å². The van der Waals surface area contributed by atoms with Crippen LogP contribution >= 0.6 is 0 Å². The van der Waals surface area contributed by atoms with Gasteiger partial charge in [0.15, 0.2) is 0 Å². The topological polar surface area (TPSA) is 35.6 Å². The van der Waals surface area contributed by atoms with Gasteiger partial charge in [-0.15, -0.1) is 0 Å². The van der Waals surface area contributed by atoms with Gasteiger partial charge in [0, 0.05) is 12.6 Å². The average Bonchev–Trinajstić information content (AvgIpc) is 2.56. The van der Waals surface area contributed by atoms with Crippen molar-refractivity contribution < 1.29 is 4.79 Å². The summed E-state index contributed by atoms with van der Waals surface area (Å²) in [4.78, 5) is 16.4. The van der Waals surface area contributed by atoms with Gasteiger partial charge in [-0.3, -0.25) is 10.1 Å². The van der Waals surface area contributed by atoms with E-state index < -0.39 is 0 Å². The number of hydrogen-bond donors (Lipinski definition) is 1. The SMILES string of the molecule is CC1NC(C(C)C)N(CCCN(C)C(C)C)C1=O. The Balaban J connectivity index is 2.46. The second-order valence-electron chi connectivity index (χ2n) is 6.04. The van der Waals surface area contributed by atoms with E-state index in [0.717, 1.165) is 19.5 Å². The fourth-order valence-corrected chi connectivity index (χ4v) is 2.35. The van der Waals surface area contributed by atoms with Crippen LogP contribution in [-0.2, 0) is 4.79 Å². The molecule has 2 unspecified atom stereocenters. The molecule has 1 N–H and O–H groups in total. The minimum absolute atomic E-state index is 0.0276. The Hall–Kier alpha value is -0.610. The first kappa shape index (κ1) is 15.4. The summed E-state index contributed by atoms with van der Waals surface area (Å²) in [7, 11) is 2.14. The third-order valence-electron chi connectivity index (χ3n) is 3.83. The molecule has 0 aliphatic carbocycles. The fourth-order valence-electron chi connectivity index (χ4n) is 2.35. The molecule has 1 amide bonds. The first-order valence-electron chi connectivity index (χ1n) is 7.11. The number of amides is 1. The largest absolute Gasteiger partial charge is 0.325 e. The lowest BCUT2D eigenvalue weighted by atomic mass is 10.1. The van der Waals surface area contributed by atoms with E-state index in [2.05, 4.69) is 45.0 Å². The smallest absolute Gasteiger partial charge is 0.240 e. The number of rotatable bonds is 6. The van der Waals surface area contributed by atoms with Gasteiger partial charge in [-0.2, -0.15) is 0 Å². The maximum Gasteiger partial charge on any atom is 0.240 e. The Bertz CT molecular complexity index is 278. The Kier molecular flexibility index (Phi) is 5.60. The van der Waals surface area contributed by atoms with Gasteiger partial charge < -0.3 is 9.80 Å². The number of nitrogens with zero attached hydrogens (tertiary/aromatic N) is 2. The van der Waals surface area contributed by atoms with Gasteiger partial charge in [-0.05, 0) is 46.7 Å². The zero-order valence-corrected chi connectivity index (χ0v) is 12.7. The fraction of sp³-hybridized carbons (Fsp3) is 0.929. The summed E-state index contributed by atoms with van der Waals surface area (Å²) in [6.45, 7) is 12.6. The van der Waals surface area contributed by atoms with Crippen LogP contribution in [-0.4, -0.2) is 54.1 Å². The predicted molar refractivity (Wildman–Crippen MR) is 75.3 cm³/mol. The highest BCUT2D eigenvalue weighted by atomic mass is 16.2. The molecule has 4 nitrogen and oxygen atoms in total. The highest BCUT2D eigenvalue weighted by molar-refractivity contribution is 5.83. The minimum atomic E-state index is -0.0276. The number of nitrogens with one attached hydrogen (secondary N) is 1. The van der Waals surface area contributed by atoms with Crippen molar-refractivity contribution in [3.63, 3.8) is 0 Å². The van der Waals surface area contributed by atoms with Crippen molar-refractivity contribution in [3.8, 4) is 0 Å². The average molecular weight is 255 g/mol. The lowest BCUT2D eigenvalue weighted by molar-refractivity contribution is -0.130. The monoisotopic (exact) mass is 255 g/mol. The van der Waals surface area contributed by atoms with Gasteiger partial charge >= 0.3 is 0 Å². The van der Waals surface area contributed by atoms with E-state index in [-0.39, 0.29) is 18.1 Å². The number of hydrogen-bond acceptors (Lipinski definition) is 3. The second kappa shape index (κ2) is 6.53. The normalized spacial score (nSPS) is 24.9. The van der Waals surface area contributed by atoms with Gasteiger partial charge in [-0.1, -0.05) is 13.8 Å². The van der Waals surface area contributed by atoms with Crippen molar-refractivity contribution in [3.05, 3.63) is 0 Å². The summed E-state index contributed by atoms with van der Waals surface area (Å²) < 4.78 is 0. The van der Waals surface area contributed by atoms with Crippen LogP contribution in [0, 0.1) is 5.92 Å². The Morgan fingerprint density at radius 3 is 2.44 bits per heavy atom. The third kappa shape index (κ3) is 3.69. The van der Waals surface area contributed by atoms with Crippen molar-refractivity contribution in [2.24, 2.45) is 5.92 Å². The molecule has 0 aromatic heterocycles. The van der Waals surface area contributed by atoms with E-state index in [1.165, 1.54) is 0 Å². The van der Waals surface area contributed by atoms with E-state index in [1.807, 2.05) is 11.8 Å². The van der Waals surface area contributed by atoms with Crippen molar-refractivity contribution in [2.75, 3.05) is 20.1 Å². The molecule has 106 valence electrons. The summed E-state index contributed by atoms with van der Waals surface area (Å²) in [5.74, 6) is 0.711. The third-order valence-corrected chi connectivity index (χ3v) is 3.83. The molecule has 0 saturated carbocycles. The highest BCUT2D eigenvalue weighted by Crippen LogP contribution is 2.17. The molecule has 1 aliphatic heterocycles. The molecule has 1 fully saturated rings. The van der Waals surface area contributed by atoms with Crippen molar-refractivity contribution >= 4 is 5.91 Å². The first-order chi connectivity index (χ1) is 8.34. The molecule has 0 radical (unpaired) electrons. The van der Waals surface area contributed by atoms with Crippen LogP contribution in [0.1, 0.15) is 41.0 Å². The molecule has 0 aromatic rings. The molecule has 4 heteroatoms. The second-order valence-corrected chi connectivity index (χ2v) is 6.04. The summed E-state index contributed by atoms with van der Waals surface area (Å²) >= 11 is 0. The summed E-state index contributed by atoms with van der Waals surface area (Å²) in [6.07, 6.45) is 1.25. The van der Waals surface area contributed by atoms with Crippen LogP contribution in [0.25, 0.3) is 0 Å². The Labute approximate surface area is 112 Å². The van der Waals surface area contributed by atoms with Gasteiger partial charge in [0.2, 0.25) is 5.91 Å². The van der Waals surface area contributed by atoms with Crippen LogP contribution < -0.4 is 5.32 Å². The standard InChI is InChI=1S/C14H29N3O/c1-10(2)13-15-12(5)14(18)17(13)9-7-8-16(6)11(3)4/h10-13,15H,7-9H2,1-6H3. The summed E-state index contributed by atoms with van der Waals surface area (Å²) in [5.41, 5.74) is 0. The predicted octanol–water partition coefficient (Wildman–Crippen LogP) is 1.52. The molecule has 1 rings (SSSR count). The number of carbonyl (C=O) groups excluding carboxylic acids is 1. The van der Waals surface area contributed by atoms with Gasteiger partial charge in [-0.25, -0.2) is 0 Å². The molecule has 1 aliphatic rings. The Morgan fingerprint density at radius 2 is 1.94 bits per heavy atom. The first-order valence-corrected chi connectivity index (χ1v) is 7.11. The Morgan fingerprint density at radius 1 is 1.33 bits per heavy atom. The molecule has 2 atom stereocenters. The molecule has 1 saturated heterocycles. The van der Waals surface area contributed by atoms with Crippen LogP contribution in [0.5, 0.6) is 0 Å². The van der Waals surface area contributed by atoms with Gasteiger partial charge in [0.25, 0.3) is 0 Å². The molecule has 1 heterocycles. The van der Waals surface area contributed by atoms with Crippen LogP contribution in [0.4, 0.5) is 0 Å². The molecule has 18 heavy (non-hydrogen) atoms. The van der Waals surface area contributed by atoms with Crippen molar-refractivity contribution in [1.29, 1.82) is 0 Å². The van der Waals surface area contributed by atoms with Gasteiger partial charge in [0.05, 0.1) is 12.2 Å². The highest BCUT2D eigenvalue weighted by Gasteiger charge is 2.37. The van der Waals surface area contributed by atoms with Crippen LogP contribution in [0.3, 0.4) is 0 Å².